The van der Waals surface area contributed by atoms with Gasteiger partial charge in [-0.2, -0.15) is 0 Å². The number of primary amides is 1. The molecule has 0 bridgehead atoms. The first-order chi connectivity index (χ1) is 8.22. The summed E-state index contributed by atoms with van der Waals surface area (Å²) >= 11 is 0. The molecule has 1 saturated heterocycles. The fraction of sp³-hybridized carbons (Fsp3) is 0.455. The van der Waals surface area contributed by atoms with Gasteiger partial charge >= 0.3 is 0 Å². The van der Waals surface area contributed by atoms with Crippen molar-refractivity contribution in [1.82, 2.24) is 4.98 Å². The van der Waals surface area contributed by atoms with Crippen molar-refractivity contribution in [2.75, 3.05) is 43.6 Å². The van der Waals surface area contributed by atoms with Crippen LogP contribution in [0.15, 0.2) is 12.1 Å². The van der Waals surface area contributed by atoms with Crippen LogP contribution in [0.2, 0.25) is 0 Å². The highest BCUT2D eigenvalue weighted by molar-refractivity contribution is 5.97. The maximum Gasteiger partial charge on any atom is 0.252 e. The Morgan fingerprint density at radius 1 is 1.47 bits per heavy atom. The van der Waals surface area contributed by atoms with Gasteiger partial charge in [-0.25, -0.2) is 4.98 Å². The average Bonchev–Trinajstić information content (AvgIpc) is 2.39. The van der Waals surface area contributed by atoms with Crippen molar-refractivity contribution < 1.29 is 9.53 Å². The van der Waals surface area contributed by atoms with Gasteiger partial charge < -0.3 is 20.7 Å². The second kappa shape index (κ2) is 5.01. The van der Waals surface area contributed by atoms with E-state index in [2.05, 4.69) is 15.2 Å². The number of nitrogens with two attached hydrogens (primary N) is 1. The first-order valence-corrected chi connectivity index (χ1v) is 5.53. The van der Waals surface area contributed by atoms with Crippen LogP contribution >= 0.6 is 0 Å². The number of aromatic nitrogens is 1. The van der Waals surface area contributed by atoms with Gasteiger partial charge in [0.25, 0.3) is 5.91 Å². The number of anilines is 2. The number of hydrogen-bond donors (Lipinski definition) is 2. The minimum absolute atomic E-state index is 0.407. The number of rotatable bonds is 3. The maximum absolute atomic E-state index is 11.2. The Bertz CT molecular complexity index is 416. The molecule has 0 aliphatic carbocycles. The van der Waals surface area contributed by atoms with Gasteiger partial charge in [0, 0.05) is 20.1 Å². The van der Waals surface area contributed by atoms with Crippen molar-refractivity contribution in [1.29, 1.82) is 0 Å². The van der Waals surface area contributed by atoms with Gasteiger partial charge in [-0.3, -0.25) is 4.79 Å². The fourth-order valence-electron chi connectivity index (χ4n) is 1.81. The van der Waals surface area contributed by atoms with Gasteiger partial charge in [0.05, 0.1) is 18.8 Å². The van der Waals surface area contributed by atoms with Crippen molar-refractivity contribution in [3.05, 3.63) is 17.7 Å². The van der Waals surface area contributed by atoms with Crippen LogP contribution in [0.1, 0.15) is 10.4 Å². The number of nitrogens with one attached hydrogen (secondary N) is 1. The van der Waals surface area contributed by atoms with E-state index < -0.39 is 5.91 Å². The van der Waals surface area contributed by atoms with Crippen LogP contribution in [-0.4, -0.2) is 44.2 Å². The summed E-state index contributed by atoms with van der Waals surface area (Å²) in [5, 5.41) is 2.89. The predicted molar refractivity (Wildman–Crippen MR) is 65.3 cm³/mol. The molecule has 3 N–H and O–H groups in total. The summed E-state index contributed by atoms with van der Waals surface area (Å²) in [5.41, 5.74) is 5.67. The van der Waals surface area contributed by atoms with Gasteiger partial charge in [-0.05, 0) is 12.1 Å². The molecule has 0 spiro atoms. The van der Waals surface area contributed by atoms with Gasteiger partial charge in [0.15, 0.2) is 0 Å². The van der Waals surface area contributed by atoms with Gasteiger partial charge in [0.2, 0.25) is 0 Å². The van der Waals surface area contributed by atoms with E-state index in [1.54, 1.807) is 13.1 Å². The first-order valence-electron chi connectivity index (χ1n) is 5.53. The maximum atomic E-state index is 11.2. The number of ether oxygens (including phenoxy) is 1. The summed E-state index contributed by atoms with van der Waals surface area (Å²) in [6, 6.07) is 3.51. The van der Waals surface area contributed by atoms with Crippen LogP contribution in [0.4, 0.5) is 11.6 Å². The van der Waals surface area contributed by atoms with Gasteiger partial charge in [-0.15, -0.1) is 0 Å². The molecule has 1 aromatic rings. The highest BCUT2D eigenvalue weighted by Gasteiger charge is 2.15. The summed E-state index contributed by atoms with van der Waals surface area (Å²) in [6.07, 6.45) is 0. The van der Waals surface area contributed by atoms with E-state index in [1.807, 2.05) is 6.07 Å². The van der Waals surface area contributed by atoms with Crippen molar-refractivity contribution in [3.8, 4) is 0 Å². The van der Waals surface area contributed by atoms with Crippen LogP contribution in [0, 0.1) is 0 Å². The summed E-state index contributed by atoms with van der Waals surface area (Å²) in [6.45, 7) is 3.03. The zero-order valence-electron chi connectivity index (χ0n) is 9.77. The third kappa shape index (κ3) is 2.47. The molecule has 1 aliphatic rings. The van der Waals surface area contributed by atoms with Gasteiger partial charge in [0.1, 0.15) is 11.6 Å². The highest BCUT2D eigenvalue weighted by Crippen LogP contribution is 2.19. The molecule has 0 saturated carbocycles. The largest absolute Gasteiger partial charge is 0.378 e. The zero-order chi connectivity index (χ0) is 12.3. The SMILES string of the molecule is CNc1nc(N2CCOCC2)ccc1C(N)=O. The molecular formula is C11H16N4O2. The van der Waals surface area contributed by atoms with E-state index >= 15 is 0 Å². The molecule has 2 rings (SSSR count). The molecule has 2 heterocycles. The van der Waals surface area contributed by atoms with Crippen LogP contribution in [-0.2, 0) is 4.74 Å². The van der Waals surface area contributed by atoms with Crippen LogP contribution in [0.3, 0.4) is 0 Å². The molecule has 1 fully saturated rings. The lowest BCUT2D eigenvalue weighted by Crippen LogP contribution is -2.36. The quantitative estimate of drug-likeness (QED) is 0.775. The van der Waals surface area contributed by atoms with Crippen LogP contribution in [0.5, 0.6) is 0 Å². The minimum Gasteiger partial charge on any atom is -0.378 e. The molecule has 0 aromatic carbocycles. The number of nitrogens with zero attached hydrogens (tertiary/aromatic N) is 2. The minimum atomic E-state index is -0.477. The Morgan fingerprint density at radius 3 is 2.76 bits per heavy atom. The Hall–Kier alpha value is -1.82. The summed E-state index contributed by atoms with van der Waals surface area (Å²) in [7, 11) is 1.72. The number of hydrogen-bond acceptors (Lipinski definition) is 5. The standard InChI is InChI=1S/C11H16N4O2/c1-13-11-8(10(12)16)2-3-9(14-11)15-4-6-17-7-5-15/h2-3H,4-7H2,1H3,(H2,12,16)(H,13,14). The van der Waals surface area contributed by atoms with E-state index in [0.717, 1.165) is 18.9 Å². The fourth-order valence-corrected chi connectivity index (χ4v) is 1.81. The second-order valence-electron chi connectivity index (χ2n) is 3.78. The van der Waals surface area contributed by atoms with E-state index in [1.165, 1.54) is 0 Å². The molecule has 1 amide bonds. The van der Waals surface area contributed by atoms with Crippen molar-refractivity contribution in [2.45, 2.75) is 0 Å². The number of amides is 1. The molecule has 92 valence electrons. The highest BCUT2D eigenvalue weighted by atomic mass is 16.5. The average molecular weight is 236 g/mol. The summed E-state index contributed by atoms with van der Waals surface area (Å²) in [4.78, 5) is 17.7. The van der Waals surface area contributed by atoms with Crippen LogP contribution < -0.4 is 16.0 Å². The molecule has 0 radical (unpaired) electrons. The van der Waals surface area contributed by atoms with Crippen molar-refractivity contribution >= 4 is 17.5 Å². The van der Waals surface area contributed by atoms with E-state index in [-0.39, 0.29) is 0 Å². The van der Waals surface area contributed by atoms with Gasteiger partial charge in [-0.1, -0.05) is 0 Å². The molecule has 1 aromatic heterocycles. The topological polar surface area (TPSA) is 80.5 Å². The van der Waals surface area contributed by atoms with E-state index in [4.69, 9.17) is 10.5 Å². The number of carbonyl (C=O) groups excluding carboxylic acids is 1. The number of morpholine rings is 1. The molecule has 0 unspecified atom stereocenters. The van der Waals surface area contributed by atoms with E-state index in [9.17, 15) is 4.79 Å². The third-order valence-corrected chi connectivity index (χ3v) is 2.72. The molecule has 1 aliphatic heterocycles. The lowest BCUT2D eigenvalue weighted by molar-refractivity contribution is 0.100. The Kier molecular flexibility index (Phi) is 3.43. The van der Waals surface area contributed by atoms with Crippen LogP contribution in [0.25, 0.3) is 0 Å². The number of pyridine rings is 1. The predicted octanol–water partition coefficient (Wildman–Crippen LogP) is 0.0588. The lowest BCUT2D eigenvalue weighted by Gasteiger charge is -2.28. The molecule has 6 nitrogen and oxygen atoms in total. The summed E-state index contributed by atoms with van der Waals surface area (Å²) in [5.74, 6) is 0.875. The normalized spacial score (nSPS) is 15.7. The molecule has 6 heteroatoms. The lowest BCUT2D eigenvalue weighted by atomic mass is 10.2. The molecule has 0 atom stereocenters. The Balaban J connectivity index is 2.27. The Morgan fingerprint density at radius 2 is 2.18 bits per heavy atom. The van der Waals surface area contributed by atoms with Crippen molar-refractivity contribution in [3.63, 3.8) is 0 Å². The zero-order valence-corrected chi connectivity index (χ0v) is 9.77. The van der Waals surface area contributed by atoms with Crippen molar-refractivity contribution in [2.24, 2.45) is 5.73 Å². The molecular weight excluding hydrogens is 220 g/mol. The monoisotopic (exact) mass is 236 g/mol. The Labute approximate surface area is 99.8 Å². The number of carbonyl (C=O) groups is 1. The smallest absolute Gasteiger partial charge is 0.252 e. The summed E-state index contributed by atoms with van der Waals surface area (Å²) < 4.78 is 5.28. The second-order valence-corrected chi connectivity index (χ2v) is 3.78. The van der Waals surface area contributed by atoms with E-state index in [0.29, 0.717) is 24.6 Å². The first kappa shape index (κ1) is 11.7. The molecule has 17 heavy (non-hydrogen) atoms. The third-order valence-electron chi connectivity index (χ3n) is 2.72.